The van der Waals surface area contributed by atoms with Crippen molar-refractivity contribution < 1.29 is 18.8 Å². The van der Waals surface area contributed by atoms with Gasteiger partial charge in [0, 0.05) is 129 Å². The van der Waals surface area contributed by atoms with E-state index in [0.717, 1.165) is 106 Å². The molecular weight excluding hydrogens is 1590 g/mol. The number of fused-ring (bicyclic) bond motifs is 10. The molecule has 0 atom stereocenters. The van der Waals surface area contributed by atoms with E-state index in [1.165, 1.54) is 152 Å². The average molecular weight is 1710 g/mol. The Bertz CT molecular complexity index is 6290. The molecule has 0 saturated carbocycles. The predicted molar refractivity (Wildman–Crippen MR) is 527 cm³/mol. The van der Waals surface area contributed by atoms with Gasteiger partial charge in [-0.05, 0) is 433 Å². The molecule has 0 unspecified atom stereocenters. The number of hydrogen-bond donors (Lipinski definition) is 11. The number of nitrogens with two attached hydrogens (primary N) is 5. The van der Waals surface area contributed by atoms with Gasteiger partial charge in [0.05, 0.1) is 0 Å². The maximum atomic E-state index is 13.4. The lowest BCUT2D eigenvalue weighted by molar-refractivity contribution is 0.0957. The normalized spacial score (nSPS) is 12.1. The topological polar surface area (TPSA) is 313 Å². The number of H-pyrrole nitrogens is 2. The molecule has 0 aliphatic carbocycles. The number of aromatic amines is 2. The molecule has 126 heavy (non-hydrogen) atoms. The molecule has 0 radical (unpaired) electrons. The zero-order valence-electron chi connectivity index (χ0n) is 76.6. The third kappa shape index (κ3) is 21.4. The van der Waals surface area contributed by atoms with Gasteiger partial charge in [0.25, 0.3) is 11.8 Å². The predicted octanol–water partition coefficient (Wildman–Crippen LogP) is 23.1. The number of amides is 3. The molecule has 0 saturated heterocycles. The zero-order valence-corrected chi connectivity index (χ0v) is 77.3. The van der Waals surface area contributed by atoms with Crippen molar-refractivity contribution in [2.45, 2.75) is 171 Å². The highest BCUT2D eigenvalue weighted by Gasteiger charge is 2.22. The monoisotopic (exact) mass is 1700 g/mol. The van der Waals surface area contributed by atoms with E-state index in [9.17, 15) is 18.8 Å². The highest BCUT2D eigenvalue weighted by atomic mass is 35.5. The number of pyridine rings is 4. The number of aryl methyl sites for hydroxylation is 17. The lowest BCUT2D eigenvalue weighted by Gasteiger charge is -2.11. The molecule has 3 amide bonds. The van der Waals surface area contributed by atoms with Crippen LogP contribution in [0.2, 0.25) is 5.02 Å². The highest BCUT2D eigenvalue weighted by Crippen LogP contribution is 2.35. The van der Waals surface area contributed by atoms with Gasteiger partial charge in [-0.15, -0.1) is 0 Å². The summed E-state index contributed by atoms with van der Waals surface area (Å²) in [6.45, 7) is 46.8. The lowest BCUT2D eigenvalue weighted by Crippen LogP contribution is -2.13. The molecule has 0 fully saturated rings. The minimum absolute atomic E-state index is 0.0631. The third-order valence-corrected chi connectivity index (χ3v) is 25.4. The number of hydrogen-bond acceptors (Lipinski definition) is 13. The van der Waals surface area contributed by atoms with Crippen molar-refractivity contribution in [3.05, 3.63) is 337 Å². The SMILES string of the molecule is Cc1c(C(N)=O)cc2ccnc(N)c2c1C.Cc1c(Cl)cc2ccnc(N)c2c1C.Cc1c(F)cc2ccnc(N)c2c1C.Cc1cc2c(cc1C)C(=O)NC2.Cc1cc2c(cc1C)C(=O)NC2.Cc1cc2c(cc1C)NCC2.Cc1cc2c(cc1C)NCC2.Cc1cc2cc[nH]c2cc1C.Cc1cc2cc[nH]c2cc1C.Cc1cc2ccnc(N)c2c(C)c1C. The molecule has 10 aromatic carbocycles. The number of nitrogens with one attached hydrogen (secondary N) is 6. The molecular formula is C106H119ClFN15O3. The van der Waals surface area contributed by atoms with Crippen molar-refractivity contribution in [1.29, 1.82) is 0 Å². The number of nitrogens with zero attached hydrogens (tertiary/aromatic N) is 4. The van der Waals surface area contributed by atoms with Crippen LogP contribution in [0.1, 0.15) is 170 Å². The first-order valence-electron chi connectivity index (χ1n) is 42.5. The number of nitrogen functional groups attached to an aromatic ring is 4. The Balaban J connectivity index is 0.000000136. The van der Waals surface area contributed by atoms with Crippen LogP contribution >= 0.6 is 11.6 Å². The molecule has 650 valence electrons. The van der Waals surface area contributed by atoms with Crippen molar-refractivity contribution in [3.63, 3.8) is 0 Å². The van der Waals surface area contributed by atoms with Gasteiger partial charge in [-0.2, -0.15) is 0 Å². The largest absolute Gasteiger partial charge is 0.384 e. The number of halogens is 2. The second kappa shape index (κ2) is 40.3. The highest BCUT2D eigenvalue weighted by molar-refractivity contribution is 6.32. The molecule has 16 N–H and O–H groups in total. The molecule has 0 bridgehead atoms. The first-order chi connectivity index (χ1) is 59.8. The van der Waals surface area contributed by atoms with Crippen molar-refractivity contribution in [2.24, 2.45) is 5.73 Å². The maximum absolute atomic E-state index is 13.4. The van der Waals surface area contributed by atoms with Gasteiger partial charge in [-0.1, -0.05) is 41.9 Å². The van der Waals surface area contributed by atoms with Crippen LogP contribution in [0.3, 0.4) is 0 Å². The van der Waals surface area contributed by atoms with Crippen LogP contribution in [0, 0.1) is 151 Å². The Kier molecular flexibility index (Phi) is 29.8. The second-order valence-corrected chi connectivity index (χ2v) is 33.9. The van der Waals surface area contributed by atoms with Gasteiger partial charge >= 0.3 is 0 Å². The fourth-order valence-electron chi connectivity index (χ4n) is 15.9. The Morgan fingerprint density at radius 2 is 0.651 bits per heavy atom. The minimum Gasteiger partial charge on any atom is -0.384 e. The van der Waals surface area contributed by atoms with Gasteiger partial charge in [-0.3, -0.25) is 14.4 Å². The van der Waals surface area contributed by atoms with Crippen LogP contribution in [-0.4, -0.2) is 60.7 Å². The van der Waals surface area contributed by atoms with Crippen LogP contribution in [0.4, 0.5) is 39.0 Å². The van der Waals surface area contributed by atoms with Crippen LogP contribution in [0.5, 0.6) is 0 Å². The second-order valence-electron chi connectivity index (χ2n) is 33.5. The molecule has 0 spiro atoms. The number of rotatable bonds is 1. The molecule has 20 rings (SSSR count). The van der Waals surface area contributed by atoms with Crippen molar-refractivity contribution in [2.75, 3.05) is 46.7 Å². The Morgan fingerprint density at radius 3 is 1.06 bits per heavy atom. The zero-order chi connectivity index (χ0) is 91.6. The standard InChI is InChI=1S/C12H13N3O.C12H14N2.C11H11ClN2.C11H11FN2.2C10H11NO.2C10H13N.2C10H11N/c1-6-7(2)10-8(3-4-15-11(10)13)5-9(6)12(14)16;1-7-6-10-4-5-14-12(13)11(10)9(3)8(7)2;2*1-6-7(2)10-8(5-9(6)12)3-4-14-11(10)13;2*1-6-3-8-5-11-10(12)9(8)4-7(6)2;4*1-7-5-9-3-4-11-10(9)6-8(7)2/h3-5H,1-2H3,(H2,13,15)(H2,14,16);4-6H,1-3H3,(H2,13,14);2*3-5H,1-2H3,(H2,13,14);2*3-4H,5H2,1-2H3,(H,11,12);2*5-6,11H,3-4H2,1-2H3;2*3-6,11H,1-2H3. The number of primary amides is 1. The van der Waals surface area contributed by atoms with E-state index in [1.54, 1.807) is 43.8 Å². The summed E-state index contributed by atoms with van der Waals surface area (Å²) < 4.78 is 13.4. The van der Waals surface area contributed by atoms with Crippen LogP contribution in [-0.2, 0) is 25.9 Å². The molecule has 10 heterocycles. The summed E-state index contributed by atoms with van der Waals surface area (Å²) in [6, 6.07) is 45.0. The summed E-state index contributed by atoms with van der Waals surface area (Å²) in [5.74, 6) is 1.65. The van der Waals surface area contributed by atoms with Crippen LogP contribution < -0.4 is 49.9 Å². The van der Waals surface area contributed by atoms with Crippen molar-refractivity contribution >= 4 is 129 Å². The van der Waals surface area contributed by atoms with E-state index in [0.29, 0.717) is 47.5 Å². The number of carbonyl (C=O) groups excluding carboxylic acids is 3. The van der Waals surface area contributed by atoms with Crippen molar-refractivity contribution in [1.82, 2.24) is 40.5 Å². The van der Waals surface area contributed by atoms with E-state index in [4.69, 9.17) is 40.3 Å². The summed E-state index contributed by atoms with van der Waals surface area (Å²) >= 11 is 6.08. The number of benzene rings is 10. The molecule has 16 aromatic rings. The lowest BCUT2D eigenvalue weighted by atomic mass is 9.96. The smallest absolute Gasteiger partial charge is 0.251 e. The van der Waals surface area contributed by atoms with Gasteiger partial charge in [0.1, 0.15) is 29.1 Å². The molecule has 20 heteroatoms. The van der Waals surface area contributed by atoms with Gasteiger partial charge in [0.15, 0.2) is 0 Å². The summed E-state index contributed by atoms with van der Waals surface area (Å²) in [6.07, 6.45) is 13.0. The number of aromatic nitrogens is 6. The van der Waals surface area contributed by atoms with Gasteiger partial charge in [-0.25, -0.2) is 24.3 Å². The van der Waals surface area contributed by atoms with Crippen LogP contribution in [0.25, 0.3) is 64.9 Å². The third-order valence-electron chi connectivity index (χ3n) is 25.0. The number of anilines is 6. The van der Waals surface area contributed by atoms with Gasteiger partial charge in [0.2, 0.25) is 5.91 Å². The summed E-state index contributed by atoms with van der Waals surface area (Å²) in [4.78, 5) is 56.3. The Labute approximate surface area is 744 Å². The molecule has 18 nitrogen and oxygen atoms in total. The van der Waals surface area contributed by atoms with E-state index < -0.39 is 5.91 Å². The van der Waals surface area contributed by atoms with E-state index in [2.05, 4.69) is 220 Å². The molecule has 4 aliphatic heterocycles. The molecule has 6 aromatic heterocycles. The Hall–Kier alpha value is -13.7. The summed E-state index contributed by atoms with van der Waals surface area (Å²) in [5.41, 5.74) is 66.4. The molecule has 4 aliphatic rings. The van der Waals surface area contributed by atoms with Crippen molar-refractivity contribution in [3.8, 4) is 0 Å². The Morgan fingerprint density at radius 1 is 0.333 bits per heavy atom. The average Bonchev–Trinajstić information content (AvgIpc) is 1.34. The quantitative estimate of drug-likeness (QED) is 0.0729. The minimum atomic E-state index is -0.419. The van der Waals surface area contributed by atoms with Gasteiger partial charge < -0.3 is 59.9 Å². The first kappa shape index (κ1) is 93.1. The van der Waals surface area contributed by atoms with Crippen LogP contribution in [0.15, 0.2) is 171 Å². The van der Waals surface area contributed by atoms with E-state index in [1.807, 2.05) is 97.3 Å². The fourth-order valence-corrected chi connectivity index (χ4v) is 16.1. The number of carbonyl (C=O) groups is 3. The fraction of sp³-hybridized carbons (Fsp3) is 0.255. The first-order valence-corrected chi connectivity index (χ1v) is 42.9. The summed E-state index contributed by atoms with van der Waals surface area (Å²) in [5, 5.41) is 23.5. The van der Waals surface area contributed by atoms with E-state index in [-0.39, 0.29) is 17.6 Å². The maximum Gasteiger partial charge on any atom is 0.251 e. The summed E-state index contributed by atoms with van der Waals surface area (Å²) in [7, 11) is 0. The van der Waals surface area contributed by atoms with E-state index >= 15 is 0 Å².